The second kappa shape index (κ2) is 8.74. The minimum atomic E-state index is -0.262. The van der Waals surface area contributed by atoms with E-state index < -0.39 is 0 Å². The summed E-state index contributed by atoms with van der Waals surface area (Å²) in [5.41, 5.74) is 8.56. The van der Waals surface area contributed by atoms with Gasteiger partial charge in [0.2, 0.25) is 0 Å². The minimum absolute atomic E-state index is 0. The average molecular weight is 313 g/mol. The van der Waals surface area contributed by atoms with Gasteiger partial charge in [0.15, 0.2) is 0 Å². The molecule has 0 radical (unpaired) electrons. The molecular weight excluding hydrogens is 284 g/mol. The normalized spacial score (nSPS) is 21.0. The molecule has 3 nitrogen and oxygen atoms in total. The summed E-state index contributed by atoms with van der Waals surface area (Å²) in [7, 11) is 0. The van der Waals surface area contributed by atoms with E-state index in [9.17, 15) is 0 Å². The van der Waals surface area contributed by atoms with Gasteiger partial charge in [0.1, 0.15) is 5.60 Å². The maximum Gasteiger partial charge on any atom is 0.106 e. The van der Waals surface area contributed by atoms with E-state index >= 15 is 0 Å². The summed E-state index contributed by atoms with van der Waals surface area (Å²) in [6.45, 7) is 9.15. The molecule has 0 saturated heterocycles. The van der Waals surface area contributed by atoms with Crippen molar-refractivity contribution in [2.75, 3.05) is 32.8 Å². The Hall–Kier alpha value is -0.610. The Morgan fingerprint density at radius 1 is 1.24 bits per heavy atom. The first-order valence-electron chi connectivity index (χ1n) is 7.90. The van der Waals surface area contributed by atoms with Gasteiger partial charge in [-0.25, -0.2) is 0 Å². The number of nitrogens with two attached hydrogens (primary N) is 1. The molecule has 0 bridgehead atoms. The van der Waals surface area contributed by atoms with Crippen LogP contribution in [0.4, 0.5) is 0 Å². The Labute approximate surface area is 135 Å². The van der Waals surface area contributed by atoms with Crippen LogP contribution in [-0.4, -0.2) is 37.7 Å². The van der Waals surface area contributed by atoms with Crippen molar-refractivity contribution in [3.05, 3.63) is 35.4 Å². The highest BCUT2D eigenvalue weighted by atomic mass is 35.5. The van der Waals surface area contributed by atoms with E-state index in [4.69, 9.17) is 10.5 Å². The summed E-state index contributed by atoms with van der Waals surface area (Å²) in [6, 6.07) is 8.62. The molecule has 4 heteroatoms. The third kappa shape index (κ3) is 4.19. The van der Waals surface area contributed by atoms with Crippen LogP contribution in [0.5, 0.6) is 0 Å². The fourth-order valence-corrected chi connectivity index (χ4v) is 3.22. The zero-order chi connectivity index (χ0) is 14.4. The van der Waals surface area contributed by atoms with Crippen LogP contribution in [0.2, 0.25) is 0 Å². The van der Waals surface area contributed by atoms with Crippen LogP contribution in [0.15, 0.2) is 24.3 Å². The fraction of sp³-hybridized carbons (Fsp3) is 0.647. The summed E-state index contributed by atoms with van der Waals surface area (Å²) < 4.78 is 6.15. The van der Waals surface area contributed by atoms with E-state index in [1.165, 1.54) is 11.1 Å². The van der Waals surface area contributed by atoms with Crippen molar-refractivity contribution in [2.24, 2.45) is 5.73 Å². The minimum Gasteiger partial charge on any atom is -0.369 e. The summed E-state index contributed by atoms with van der Waals surface area (Å²) in [6.07, 6.45) is 3.15. The maximum absolute atomic E-state index is 6.15. The van der Waals surface area contributed by atoms with E-state index in [-0.39, 0.29) is 18.0 Å². The molecule has 1 aromatic rings. The molecule has 1 heterocycles. The number of rotatable bonds is 7. The highest BCUT2D eigenvalue weighted by Crippen LogP contribution is 2.36. The van der Waals surface area contributed by atoms with Gasteiger partial charge >= 0.3 is 0 Å². The third-order valence-electron chi connectivity index (χ3n) is 4.54. The summed E-state index contributed by atoms with van der Waals surface area (Å²) in [5.74, 6) is 0. The Balaban J connectivity index is 0.00000220. The van der Waals surface area contributed by atoms with Crippen LogP contribution in [0.1, 0.15) is 37.8 Å². The van der Waals surface area contributed by atoms with Gasteiger partial charge in [-0.05, 0) is 50.0 Å². The van der Waals surface area contributed by atoms with E-state index in [1.54, 1.807) is 0 Å². The van der Waals surface area contributed by atoms with Gasteiger partial charge in [-0.15, -0.1) is 12.4 Å². The highest BCUT2D eigenvalue weighted by molar-refractivity contribution is 5.85. The zero-order valence-corrected chi connectivity index (χ0v) is 14.1. The van der Waals surface area contributed by atoms with Gasteiger partial charge in [0, 0.05) is 6.54 Å². The van der Waals surface area contributed by atoms with Crippen LogP contribution in [0.25, 0.3) is 0 Å². The summed E-state index contributed by atoms with van der Waals surface area (Å²) in [5, 5.41) is 0. The number of benzene rings is 1. The summed E-state index contributed by atoms with van der Waals surface area (Å²) >= 11 is 0. The molecule has 120 valence electrons. The Kier molecular flexibility index (Phi) is 7.67. The second-order valence-corrected chi connectivity index (χ2v) is 5.58. The van der Waals surface area contributed by atoms with Gasteiger partial charge in [0.05, 0.1) is 6.61 Å². The first kappa shape index (κ1) is 18.4. The molecule has 0 amide bonds. The molecule has 0 fully saturated rings. The molecule has 0 aromatic heterocycles. The van der Waals surface area contributed by atoms with Crippen molar-refractivity contribution >= 4 is 12.4 Å². The lowest BCUT2D eigenvalue weighted by Crippen LogP contribution is -2.42. The van der Waals surface area contributed by atoms with Crippen molar-refractivity contribution in [1.82, 2.24) is 4.90 Å². The third-order valence-corrected chi connectivity index (χ3v) is 4.54. The first-order chi connectivity index (χ1) is 9.75. The van der Waals surface area contributed by atoms with Crippen molar-refractivity contribution < 1.29 is 4.74 Å². The zero-order valence-electron chi connectivity index (χ0n) is 13.3. The predicted octanol–water partition coefficient (Wildman–Crippen LogP) is 2.96. The molecule has 2 N–H and O–H groups in total. The topological polar surface area (TPSA) is 38.5 Å². The molecule has 2 rings (SSSR count). The van der Waals surface area contributed by atoms with Crippen LogP contribution >= 0.6 is 12.4 Å². The molecule has 0 aliphatic carbocycles. The molecule has 21 heavy (non-hydrogen) atoms. The number of halogens is 1. The number of ether oxygens (including phenoxy) is 1. The fourth-order valence-electron chi connectivity index (χ4n) is 3.22. The lowest BCUT2D eigenvalue weighted by Gasteiger charge is -2.39. The predicted molar refractivity (Wildman–Crippen MR) is 91.1 cm³/mol. The summed E-state index contributed by atoms with van der Waals surface area (Å²) in [4.78, 5) is 2.46. The molecular formula is C17H29ClN2O. The molecule has 1 aliphatic rings. The molecule has 1 aromatic carbocycles. The molecule has 0 saturated carbocycles. The molecule has 1 atom stereocenters. The van der Waals surface area contributed by atoms with Gasteiger partial charge in [-0.1, -0.05) is 38.1 Å². The van der Waals surface area contributed by atoms with E-state index in [0.717, 1.165) is 45.5 Å². The first-order valence-corrected chi connectivity index (χ1v) is 7.90. The largest absolute Gasteiger partial charge is 0.369 e. The number of hydrogen-bond donors (Lipinski definition) is 1. The monoisotopic (exact) mass is 312 g/mol. The number of hydrogen-bond acceptors (Lipinski definition) is 3. The Morgan fingerprint density at radius 2 is 1.95 bits per heavy atom. The van der Waals surface area contributed by atoms with Crippen molar-refractivity contribution in [1.29, 1.82) is 0 Å². The van der Waals surface area contributed by atoms with Crippen LogP contribution in [0.3, 0.4) is 0 Å². The van der Waals surface area contributed by atoms with E-state index in [2.05, 4.69) is 43.0 Å². The lowest BCUT2D eigenvalue weighted by atomic mass is 9.83. The smallest absolute Gasteiger partial charge is 0.106 e. The number of fused-ring (bicyclic) bond motifs is 1. The number of nitrogens with zero attached hydrogens (tertiary/aromatic N) is 1. The van der Waals surface area contributed by atoms with E-state index in [1.807, 2.05) is 0 Å². The average Bonchev–Trinajstić information content (AvgIpc) is 2.51. The quantitative estimate of drug-likeness (QED) is 0.841. The molecule has 0 spiro atoms. The van der Waals surface area contributed by atoms with E-state index in [0.29, 0.717) is 6.54 Å². The van der Waals surface area contributed by atoms with Gasteiger partial charge in [0.25, 0.3) is 0 Å². The Morgan fingerprint density at radius 3 is 2.62 bits per heavy atom. The van der Waals surface area contributed by atoms with Crippen LogP contribution in [-0.2, 0) is 16.8 Å². The van der Waals surface area contributed by atoms with Gasteiger partial charge < -0.3 is 15.4 Å². The second-order valence-electron chi connectivity index (χ2n) is 5.58. The van der Waals surface area contributed by atoms with Crippen molar-refractivity contribution in [2.45, 2.75) is 38.7 Å². The van der Waals surface area contributed by atoms with Gasteiger partial charge in [-0.3, -0.25) is 0 Å². The molecule has 1 aliphatic heterocycles. The van der Waals surface area contributed by atoms with Gasteiger partial charge in [-0.2, -0.15) is 0 Å². The standard InChI is InChI=1S/C17H28N2O.ClH/c1-3-19(4-2)12-7-11-17(14-18)16-9-6-5-8-15(16)10-13-20-17;/h5-6,8-9H,3-4,7,10-14,18H2,1-2H3;1H. The molecule has 1 unspecified atom stereocenters. The SMILES string of the molecule is CCN(CC)CCCC1(CN)OCCc2ccccc21.Cl. The van der Waals surface area contributed by atoms with Crippen molar-refractivity contribution in [3.63, 3.8) is 0 Å². The highest BCUT2D eigenvalue weighted by Gasteiger charge is 2.35. The van der Waals surface area contributed by atoms with Crippen molar-refractivity contribution in [3.8, 4) is 0 Å². The maximum atomic E-state index is 6.15. The van der Waals surface area contributed by atoms with Crippen LogP contribution in [0, 0.1) is 0 Å². The van der Waals surface area contributed by atoms with Crippen LogP contribution < -0.4 is 5.73 Å². The Bertz CT molecular complexity index is 423. The lowest BCUT2D eigenvalue weighted by molar-refractivity contribution is -0.0617.